The zero-order valence-electron chi connectivity index (χ0n) is 5.56. The normalized spacial score (nSPS) is 16.8. The summed E-state index contributed by atoms with van der Waals surface area (Å²) in [5.74, 6) is 0. The lowest BCUT2D eigenvalue weighted by Crippen LogP contribution is -2.42. The minimum Gasteiger partial charge on any atom is -0.392 e. The lowest BCUT2D eigenvalue weighted by Gasteiger charge is -2.14. The van der Waals surface area contributed by atoms with Gasteiger partial charge in [-0.1, -0.05) is 6.08 Å². The summed E-state index contributed by atoms with van der Waals surface area (Å²) in [6.07, 6.45) is 1.69. The Kier molecular flexibility index (Phi) is 4.13. The fourth-order valence-electron chi connectivity index (χ4n) is 0.496. The highest BCUT2D eigenvalue weighted by molar-refractivity contribution is 7.15. The first-order valence-corrected chi connectivity index (χ1v) is 6.05. The second-order valence-corrected chi connectivity index (χ2v) is 5.90. The topological polar surface area (TPSA) is 35.2 Å². The van der Waals surface area contributed by atoms with Gasteiger partial charge < -0.3 is 9.83 Å². The van der Waals surface area contributed by atoms with Crippen molar-refractivity contribution in [1.29, 1.82) is 0 Å². The number of hydrogen-bond donors (Lipinski definition) is 1. The van der Waals surface area contributed by atoms with Crippen LogP contribution >= 0.6 is 11.1 Å². The molecule has 0 spiro atoms. The monoisotopic (exact) mass is 165 g/mol. The molecule has 54 valence electrons. The molecule has 0 radical (unpaired) electrons. The van der Waals surface area contributed by atoms with Gasteiger partial charge in [-0.25, -0.2) is 0 Å². The average Bonchev–Trinajstić information content (AvgIpc) is 1.64. The van der Waals surface area contributed by atoms with E-state index in [4.69, 9.17) is 20.9 Å². The standard InChI is InChI=1S/C5H12ClNOSi/c1-3-5-9(6,7)8-4-2/h3H,1,4-5,7H2,2H3. The lowest BCUT2D eigenvalue weighted by molar-refractivity contribution is 0.337. The summed E-state index contributed by atoms with van der Waals surface area (Å²) in [7, 11) is -2.35. The molecular weight excluding hydrogens is 154 g/mol. The van der Waals surface area contributed by atoms with E-state index < -0.39 is 7.79 Å². The molecule has 1 unspecified atom stereocenters. The third-order valence-corrected chi connectivity index (χ3v) is 3.21. The molecule has 4 heteroatoms. The predicted molar refractivity (Wildman–Crippen MR) is 42.4 cm³/mol. The van der Waals surface area contributed by atoms with Crippen molar-refractivity contribution in [2.24, 2.45) is 5.40 Å². The molecule has 0 aromatic rings. The van der Waals surface area contributed by atoms with Crippen molar-refractivity contribution in [3.63, 3.8) is 0 Å². The summed E-state index contributed by atoms with van der Waals surface area (Å²) >= 11 is 5.76. The molecule has 0 aromatic heterocycles. The van der Waals surface area contributed by atoms with Crippen molar-refractivity contribution >= 4 is 18.9 Å². The molecule has 0 aliphatic rings. The third-order valence-electron chi connectivity index (χ3n) is 0.807. The van der Waals surface area contributed by atoms with Crippen LogP contribution in [0.25, 0.3) is 0 Å². The maximum atomic E-state index is 5.76. The van der Waals surface area contributed by atoms with E-state index >= 15 is 0 Å². The Morgan fingerprint density at radius 2 is 2.44 bits per heavy atom. The van der Waals surface area contributed by atoms with E-state index in [0.717, 1.165) is 0 Å². The van der Waals surface area contributed by atoms with E-state index in [1.807, 2.05) is 6.92 Å². The van der Waals surface area contributed by atoms with Crippen LogP contribution in [0.1, 0.15) is 6.92 Å². The molecule has 0 amide bonds. The van der Waals surface area contributed by atoms with Gasteiger partial charge in [-0.15, -0.1) is 17.7 Å². The fraction of sp³-hybridized carbons (Fsp3) is 0.600. The first-order chi connectivity index (χ1) is 4.12. The highest BCUT2D eigenvalue weighted by Gasteiger charge is 2.24. The summed E-state index contributed by atoms with van der Waals surface area (Å²) in [6.45, 7) is 5.98. The summed E-state index contributed by atoms with van der Waals surface area (Å²) in [6, 6.07) is 0.600. The molecule has 2 N–H and O–H groups in total. The molecule has 0 bridgehead atoms. The lowest BCUT2D eigenvalue weighted by atomic mass is 10.8. The van der Waals surface area contributed by atoms with Crippen LogP contribution in [-0.2, 0) is 4.43 Å². The molecule has 0 aromatic carbocycles. The van der Waals surface area contributed by atoms with Gasteiger partial charge >= 0.3 is 7.79 Å². The van der Waals surface area contributed by atoms with E-state index in [2.05, 4.69) is 6.58 Å². The van der Waals surface area contributed by atoms with Gasteiger partial charge in [0.1, 0.15) is 0 Å². The Morgan fingerprint density at radius 3 is 2.78 bits per heavy atom. The van der Waals surface area contributed by atoms with Crippen LogP contribution in [0.3, 0.4) is 0 Å². The molecule has 0 saturated heterocycles. The molecule has 0 aliphatic heterocycles. The van der Waals surface area contributed by atoms with E-state index in [1.165, 1.54) is 0 Å². The van der Waals surface area contributed by atoms with Gasteiger partial charge in [0.15, 0.2) is 0 Å². The summed E-state index contributed by atoms with van der Waals surface area (Å²) < 4.78 is 5.08. The van der Waals surface area contributed by atoms with Crippen molar-refractivity contribution in [1.82, 2.24) is 0 Å². The van der Waals surface area contributed by atoms with Crippen LogP contribution in [0.5, 0.6) is 0 Å². The molecule has 0 heterocycles. The maximum absolute atomic E-state index is 5.76. The highest BCUT2D eigenvalue weighted by atomic mass is 35.6. The Bertz CT molecular complexity index is 97.0. The van der Waals surface area contributed by atoms with Crippen molar-refractivity contribution in [3.8, 4) is 0 Å². The number of halogens is 1. The van der Waals surface area contributed by atoms with Crippen LogP contribution in [-0.4, -0.2) is 14.4 Å². The minimum absolute atomic E-state index is 0.583. The Morgan fingerprint density at radius 1 is 1.89 bits per heavy atom. The van der Waals surface area contributed by atoms with Crippen molar-refractivity contribution < 1.29 is 4.43 Å². The summed E-state index contributed by atoms with van der Waals surface area (Å²) in [5.41, 5.74) is 0. The first-order valence-electron chi connectivity index (χ1n) is 2.85. The van der Waals surface area contributed by atoms with Crippen molar-refractivity contribution in [3.05, 3.63) is 12.7 Å². The van der Waals surface area contributed by atoms with Crippen LogP contribution < -0.4 is 5.40 Å². The number of hydrogen-bond acceptors (Lipinski definition) is 2. The van der Waals surface area contributed by atoms with E-state index in [-0.39, 0.29) is 0 Å². The van der Waals surface area contributed by atoms with Crippen molar-refractivity contribution in [2.45, 2.75) is 13.0 Å². The zero-order valence-corrected chi connectivity index (χ0v) is 7.32. The number of allylic oxidation sites excluding steroid dienone is 1. The minimum atomic E-state index is -2.35. The van der Waals surface area contributed by atoms with Gasteiger partial charge in [0, 0.05) is 12.7 Å². The van der Waals surface area contributed by atoms with Gasteiger partial charge in [-0.2, -0.15) is 0 Å². The van der Waals surface area contributed by atoms with Gasteiger partial charge in [0.2, 0.25) is 0 Å². The van der Waals surface area contributed by atoms with E-state index in [1.54, 1.807) is 6.08 Å². The largest absolute Gasteiger partial charge is 0.392 e. The van der Waals surface area contributed by atoms with Gasteiger partial charge in [-0.3, -0.25) is 0 Å². The fourth-order valence-corrected chi connectivity index (χ4v) is 2.14. The van der Waals surface area contributed by atoms with E-state index in [0.29, 0.717) is 12.7 Å². The summed E-state index contributed by atoms with van der Waals surface area (Å²) in [4.78, 5) is 0. The second kappa shape index (κ2) is 4.06. The SMILES string of the molecule is C=CC[Si](N)(Cl)OCC. The van der Waals surface area contributed by atoms with Crippen LogP contribution in [0.2, 0.25) is 6.04 Å². The molecule has 0 fully saturated rings. The predicted octanol–water partition coefficient (Wildman–Crippen LogP) is 1.35. The van der Waals surface area contributed by atoms with E-state index in [9.17, 15) is 0 Å². The molecule has 9 heavy (non-hydrogen) atoms. The average molecular weight is 166 g/mol. The smallest absolute Gasteiger partial charge is 0.371 e. The van der Waals surface area contributed by atoms with Gasteiger partial charge in [-0.05, 0) is 6.92 Å². The van der Waals surface area contributed by atoms with Crippen LogP contribution in [0, 0.1) is 0 Å². The second-order valence-electron chi connectivity index (χ2n) is 1.71. The molecule has 2 nitrogen and oxygen atoms in total. The zero-order chi connectivity index (χ0) is 7.33. The molecule has 0 aliphatic carbocycles. The number of nitrogens with two attached hydrogens (primary N) is 1. The maximum Gasteiger partial charge on any atom is 0.371 e. The first kappa shape index (κ1) is 9.17. The Balaban J connectivity index is 3.55. The molecule has 0 rings (SSSR count). The molecule has 1 atom stereocenters. The molecular formula is C5H12ClNOSi. The van der Waals surface area contributed by atoms with Gasteiger partial charge in [0.25, 0.3) is 0 Å². The molecule has 0 saturated carbocycles. The van der Waals surface area contributed by atoms with Crippen LogP contribution in [0.4, 0.5) is 0 Å². The number of rotatable bonds is 4. The van der Waals surface area contributed by atoms with Crippen LogP contribution in [0.15, 0.2) is 12.7 Å². The third kappa shape index (κ3) is 4.66. The summed E-state index contributed by atoms with van der Waals surface area (Å²) in [5, 5.41) is 5.55. The Hall–Kier alpha value is 0.167. The highest BCUT2D eigenvalue weighted by Crippen LogP contribution is 2.09. The Labute approximate surface area is 61.6 Å². The van der Waals surface area contributed by atoms with Crippen molar-refractivity contribution in [2.75, 3.05) is 6.61 Å². The quantitative estimate of drug-likeness (QED) is 0.388. The van der Waals surface area contributed by atoms with Gasteiger partial charge in [0.05, 0.1) is 0 Å².